The lowest BCUT2D eigenvalue weighted by Gasteiger charge is -2.18. The average Bonchev–Trinajstić information content (AvgIpc) is 3.16. The number of rotatable bonds is 5. The second-order valence-corrected chi connectivity index (χ2v) is 7.39. The van der Waals surface area contributed by atoms with Gasteiger partial charge in [-0.15, -0.1) is 0 Å². The molecule has 0 aliphatic heterocycles. The Kier molecular flexibility index (Phi) is 5.44. The second kappa shape index (κ2) is 8.32. The van der Waals surface area contributed by atoms with Crippen LogP contribution >= 0.6 is 11.3 Å². The molecule has 1 heterocycles. The predicted octanol–water partition coefficient (Wildman–Crippen LogP) is 5.82. The molecule has 0 spiro atoms. The van der Waals surface area contributed by atoms with Gasteiger partial charge in [0.15, 0.2) is 10.9 Å². The number of carbonyl (C=O) groups excluding carboxylic acids is 1. The summed E-state index contributed by atoms with van der Waals surface area (Å²) in [6.07, 6.45) is 3.18. The zero-order chi connectivity index (χ0) is 20.2. The third-order valence-corrected chi connectivity index (χ3v) is 5.33. The molecule has 0 unspecified atom stereocenters. The fraction of sp³-hybridized carbons (Fsp3) is 0.0435. The average molecular weight is 406 g/mol. The number of hydrogen-bond acceptors (Lipinski definition) is 3. The Bertz CT molecular complexity index is 1170. The summed E-state index contributed by atoms with van der Waals surface area (Å²) in [6.45, 7) is 0.267. The van der Waals surface area contributed by atoms with E-state index in [9.17, 15) is 13.6 Å². The minimum Gasteiger partial charge on any atom is -0.280 e. The zero-order valence-electron chi connectivity index (χ0n) is 15.3. The van der Waals surface area contributed by atoms with Crippen molar-refractivity contribution in [1.29, 1.82) is 0 Å². The van der Waals surface area contributed by atoms with Gasteiger partial charge < -0.3 is 0 Å². The van der Waals surface area contributed by atoms with Crippen LogP contribution in [0, 0.1) is 11.6 Å². The Balaban J connectivity index is 1.71. The van der Waals surface area contributed by atoms with E-state index < -0.39 is 11.6 Å². The second-order valence-electron chi connectivity index (χ2n) is 6.38. The van der Waals surface area contributed by atoms with Crippen LogP contribution in [0.3, 0.4) is 0 Å². The van der Waals surface area contributed by atoms with Crippen molar-refractivity contribution in [3.63, 3.8) is 0 Å². The standard InChI is InChI=1S/C23H16F2N2OS/c24-18-13-19(25)22-20(14-18)29-23(26-22)27(15-17-9-5-2-6-10-17)21(28)12-11-16-7-3-1-4-8-16/h1-14H,15H2/b12-11+. The summed E-state index contributed by atoms with van der Waals surface area (Å²) in [5.41, 5.74) is 1.85. The molecule has 3 nitrogen and oxygen atoms in total. The first-order valence-electron chi connectivity index (χ1n) is 8.94. The Morgan fingerprint density at radius 3 is 2.41 bits per heavy atom. The summed E-state index contributed by atoms with van der Waals surface area (Å²) in [5, 5.41) is 0.316. The fourth-order valence-electron chi connectivity index (χ4n) is 2.89. The molecule has 0 saturated heterocycles. The van der Waals surface area contributed by atoms with Crippen molar-refractivity contribution in [2.75, 3.05) is 4.90 Å². The van der Waals surface area contributed by atoms with Crippen LogP contribution in [-0.4, -0.2) is 10.9 Å². The minimum absolute atomic E-state index is 0.0595. The molecule has 0 radical (unpaired) electrons. The van der Waals surface area contributed by atoms with Crippen LogP contribution in [0.5, 0.6) is 0 Å². The summed E-state index contributed by atoms with van der Waals surface area (Å²) < 4.78 is 28.0. The highest BCUT2D eigenvalue weighted by atomic mass is 32.1. The molecule has 0 aliphatic rings. The first-order chi connectivity index (χ1) is 14.1. The van der Waals surface area contributed by atoms with E-state index in [1.165, 1.54) is 17.0 Å². The number of halogens is 2. The molecule has 0 atom stereocenters. The van der Waals surface area contributed by atoms with E-state index in [0.717, 1.165) is 28.5 Å². The predicted molar refractivity (Wildman–Crippen MR) is 113 cm³/mol. The maximum atomic E-state index is 14.1. The number of hydrogen-bond donors (Lipinski definition) is 0. The molecule has 1 aromatic heterocycles. The molecule has 29 heavy (non-hydrogen) atoms. The highest BCUT2D eigenvalue weighted by Crippen LogP contribution is 2.32. The Morgan fingerprint density at radius 2 is 1.69 bits per heavy atom. The van der Waals surface area contributed by atoms with Gasteiger partial charge in [0.2, 0.25) is 0 Å². The number of nitrogens with zero attached hydrogens (tertiary/aromatic N) is 2. The lowest BCUT2D eigenvalue weighted by atomic mass is 10.2. The van der Waals surface area contributed by atoms with Crippen molar-refractivity contribution in [3.8, 4) is 0 Å². The van der Waals surface area contributed by atoms with Crippen molar-refractivity contribution in [3.05, 3.63) is 102 Å². The quantitative estimate of drug-likeness (QED) is 0.391. The van der Waals surface area contributed by atoms with Crippen LogP contribution < -0.4 is 4.90 Å². The largest absolute Gasteiger partial charge is 0.280 e. The number of amides is 1. The molecule has 144 valence electrons. The van der Waals surface area contributed by atoms with Crippen LogP contribution in [0.2, 0.25) is 0 Å². The van der Waals surface area contributed by atoms with Gasteiger partial charge in [0.25, 0.3) is 5.91 Å². The van der Waals surface area contributed by atoms with Crippen LogP contribution in [0.15, 0.2) is 78.9 Å². The van der Waals surface area contributed by atoms with Crippen molar-refractivity contribution < 1.29 is 13.6 Å². The summed E-state index contributed by atoms with van der Waals surface area (Å²) >= 11 is 1.08. The zero-order valence-corrected chi connectivity index (χ0v) is 16.1. The molecule has 0 N–H and O–H groups in total. The maximum absolute atomic E-state index is 14.1. The van der Waals surface area contributed by atoms with Crippen LogP contribution in [0.25, 0.3) is 16.3 Å². The normalized spacial score (nSPS) is 11.2. The number of benzene rings is 3. The van der Waals surface area contributed by atoms with E-state index in [2.05, 4.69) is 4.98 Å². The van der Waals surface area contributed by atoms with E-state index in [0.29, 0.717) is 9.83 Å². The lowest BCUT2D eigenvalue weighted by molar-refractivity contribution is -0.114. The molecule has 4 rings (SSSR count). The Morgan fingerprint density at radius 1 is 1.00 bits per heavy atom. The summed E-state index contributed by atoms with van der Waals surface area (Å²) in [6, 6.07) is 20.9. The highest BCUT2D eigenvalue weighted by Gasteiger charge is 2.20. The van der Waals surface area contributed by atoms with E-state index in [4.69, 9.17) is 0 Å². The molecule has 0 fully saturated rings. The third kappa shape index (κ3) is 4.38. The summed E-state index contributed by atoms with van der Waals surface area (Å²) in [5.74, 6) is -1.71. The molecule has 0 saturated carbocycles. The van der Waals surface area contributed by atoms with Crippen LogP contribution in [-0.2, 0) is 11.3 Å². The number of thiazole rings is 1. The van der Waals surface area contributed by atoms with E-state index in [1.54, 1.807) is 6.08 Å². The Hall–Kier alpha value is -3.38. The number of anilines is 1. The van der Waals surface area contributed by atoms with Crippen molar-refractivity contribution in [2.45, 2.75) is 6.54 Å². The van der Waals surface area contributed by atoms with Gasteiger partial charge in [-0.2, -0.15) is 0 Å². The lowest BCUT2D eigenvalue weighted by Crippen LogP contribution is -2.28. The van der Waals surface area contributed by atoms with Crippen LogP contribution in [0.1, 0.15) is 11.1 Å². The third-order valence-electron chi connectivity index (χ3n) is 4.30. The van der Waals surface area contributed by atoms with Gasteiger partial charge in [-0.25, -0.2) is 13.8 Å². The van der Waals surface area contributed by atoms with Crippen LogP contribution in [0.4, 0.5) is 13.9 Å². The molecular formula is C23H16F2N2OS. The van der Waals surface area contributed by atoms with Gasteiger partial charge in [-0.1, -0.05) is 72.0 Å². The highest BCUT2D eigenvalue weighted by molar-refractivity contribution is 7.22. The smallest absolute Gasteiger partial charge is 0.253 e. The topological polar surface area (TPSA) is 33.2 Å². The number of aromatic nitrogens is 1. The first kappa shape index (κ1) is 19.0. The molecule has 1 amide bonds. The van der Waals surface area contributed by atoms with Gasteiger partial charge in [0.05, 0.1) is 11.2 Å². The van der Waals surface area contributed by atoms with Gasteiger partial charge in [0.1, 0.15) is 11.3 Å². The minimum atomic E-state index is -0.741. The summed E-state index contributed by atoms with van der Waals surface area (Å²) in [7, 11) is 0. The molecule has 4 aromatic rings. The van der Waals surface area contributed by atoms with Gasteiger partial charge in [-0.3, -0.25) is 9.69 Å². The summed E-state index contributed by atoms with van der Waals surface area (Å²) in [4.78, 5) is 18.7. The number of fused-ring (bicyclic) bond motifs is 1. The van der Waals surface area contributed by atoms with Gasteiger partial charge >= 0.3 is 0 Å². The van der Waals surface area contributed by atoms with Gasteiger partial charge in [-0.05, 0) is 23.3 Å². The first-order valence-corrected chi connectivity index (χ1v) is 9.76. The van der Waals surface area contributed by atoms with E-state index in [1.807, 2.05) is 60.7 Å². The number of carbonyl (C=O) groups is 1. The Labute approximate surface area is 170 Å². The monoisotopic (exact) mass is 406 g/mol. The molecule has 6 heteroatoms. The molecule has 0 bridgehead atoms. The maximum Gasteiger partial charge on any atom is 0.253 e. The van der Waals surface area contributed by atoms with E-state index >= 15 is 0 Å². The fourth-order valence-corrected chi connectivity index (χ4v) is 3.90. The SMILES string of the molecule is O=C(/C=C/c1ccccc1)N(Cc1ccccc1)c1nc2c(F)cc(F)cc2s1. The molecule has 3 aromatic carbocycles. The molecule has 0 aliphatic carbocycles. The van der Waals surface area contributed by atoms with E-state index in [-0.39, 0.29) is 18.0 Å². The van der Waals surface area contributed by atoms with Crippen molar-refractivity contribution >= 4 is 38.7 Å². The van der Waals surface area contributed by atoms with Gasteiger partial charge in [0, 0.05) is 12.1 Å². The van der Waals surface area contributed by atoms with Crippen molar-refractivity contribution in [2.24, 2.45) is 0 Å². The van der Waals surface area contributed by atoms with Crippen molar-refractivity contribution in [1.82, 2.24) is 4.98 Å². The molecular weight excluding hydrogens is 390 g/mol.